The molecule has 1 fully saturated rings. The van der Waals surface area contributed by atoms with Crippen LogP contribution in [0.4, 0.5) is 13.2 Å². The Kier molecular flexibility index (Phi) is 3.70. The Morgan fingerprint density at radius 3 is 2.67 bits per heavy atom. The maximum atomic E-state index is 12.6. The second-order valence-corrected chi connectivity index (χ2v) is 7.29. The van der Waals surface area contributed by atoms with Gasteiger partial charge in [-0.15, -0.1) is 11.3 Å². The SMILES string of the molecule is O=S(=O)(c1cccs1)N1CCC[C@H](C(F)(F)F)C1. The maximum absolute atomic E-state index is 12.6. The monoisotopic (exact) mass is 299 g/mol. The van der Waals surface area contributed by atoms with Gasteiger partial charge < -0.3 is 0 Å². The van der Waals surface area contributed by atoms with Gasteiger partial charge in [-0.2, -0.15) is 17.5 Å². The summed E-state index contributed by atoms with van der Waals surface area (Å²) in [7, 11) is -3.76. The van der Waals surface area contributed by atoms with Crippen molar-refractivity contribution in [2.75, 3.05) is 13.1 Å². The van der Waals surface area contributed by atoms with Gasteiger partial charge in [0.15, 0.2) is 0 Å². The number of thiophene rings is 1. The van der Waals surface area contributed by atoms with Crippen LogP contribution in [0.5, 0.6) is 0 Å². The highest BCUT2D eigenvalue weighted by atomic mass is 32.2. The van der Waals surface area contributed by atoms with Crippen molar-refractivity contribution in [1.29, 1.82) is 0 Å². The molecule has 2 heterocycles. The first kappa shape index (κ1) is 13.8. The lowest BCUT2D eigenvalue weighted by Gasteiger charge is -2.32. The fraction of sp³-hybridized carbons (Fsp3) is 0.600. The van der Waals surface area contributed by atoms with Crippen LogP contribution in [-0.4, -0.2) is 32.0 Å². The molecule has 0 bridgehead atoms. The largest absolute Gasteiger partial charge is 0.393 e. The summed E-state index contributed by atoms with van der Waals surface area (Å²) in [5.41, 5.74) is 0. The van der Waals surface area contributed by atoms with E-state index in [0.29, 0.717) is 0 Å². The summed E-state index contributed by atoms with van der Waals surface area (Å²) in [5, 5.41) is 1.60. The van der Waals surface area contributed by atoms with Crippen LogP contribution in [-0.2, 0) is 10.0 Å². The van der Waals surface area contributed by atoms with Crippen molar-refractivity contribution in [2.24, 2.45) is 5.92 Å². The second kappa shape index (κ2) is 4.82. The molecule has 3 nitrogen and oxygen atoms in total. The Labute approximate surface area is 107 Å². The molecule has 2 rings (SSSR count). The summed E-state index contributed by atoms with van der Waals surface area (Å²) in [4.78, 5) is 0. The highest BCUT2D eigenvalue weighted by molar-refractivity contribution is 7.91. The van der Waals surface area contributed by atoms with Gasteiger partial charge >= 0.3 is 6.18 Å². The Balaban J connectivity index is 2.20. The first-order valence-electron chi connectivity index (χ1n) is 5.42. The van der Waals surface area contributed by atoms with Crippen LogP contribution < -0.4 is 0 Å². The van der Waals surface area contributed by atoms with Crippen molar-refractivity contribution in [1.82, 2.24) is 4.31 Å². The number of alkyl halides is 3. The number of sulfonamides is 1. The van der Waals surface area contributed by atoms with Crippen LogP contribution in [0.2, 0.25) is 0 Å². The molecule has 1 saturated heterocycles. The average molecular weight is 299 g/mol. The van der Waals surface area contributed by atoms with Gasteiger partial charge in [0.25, 0.3) is 10.0 Å². The molecule has 1 aliphatic heterocycles. The van der Waals surface area contributed by atoms with E-state index in [2.05, 4.69) is 0 Å². The van der Waals surface area contributed by atoms with Crippen LogP contribution in [0.1, 0.15) is 12.8 Å². The van der Waals surface area contributed by atoms with E-state index in [1.807, 2.05) is 0 Å². The first-order chi connectivity index (χ1) is 8.32. The van der Waals surface area contributed by atoms with Gasteiger partial charge in [0.1, 0.15) is 4.21 Å². The summed E-state index contributed by atoms with van der Waals surface area (Å²) < 4.78 is 63.1. The molecule has 0 aliphatic carbocycles. The molecule has 0 radical (unpaired) electrons. The molecule has 1 atom stereocenters. The van der Waals surface area contributed by atoms with E-state index < -0.39 is 28.7 Å². The number of rotatable bonds is 2. The van der Waals surface area contributed by atoms with Gasteiger partial charge in [-0.25, -0.2) is 8.42 Å². The van der Waals surface area contributed by atoms with Crippen molar-refractivity contribution in [3.63, 3.8) is 0 Å². The van der Waals surface area contributed by atoms with Gasteiger partial charge in [0.2, 0.25) is 0 Å². The zero-order valence-electron chi connectivity index (χ0n) is 9.35. The summed E-state index contributed by atoms with van der Waals surface area (Å²) in [6, 6.07) is 2.99. The standard InChI is InChI=1S/C10H12F3NO2S2/c11-10(12,13)8-3-1-5-14(7-8)18(15,16)9-4-2-6-17-9/h2,4,6,8H,1,3,5,7H2/t8-/m0/s1. The van der Waals surface area contributed by atoms with Gasteiger partial charge in [0, 0.05) is 13.1 Å². The van der Waals surface area contributed by atoms with E-state index in [1.54, 1.807) is 11.4 Å². The normalized spacial score (nSPS) is 23.2. The maximum Gasteiger partial charge on any atom is 0.393 e. The third kappa shape index (κ3) is 2.70. The molecule has 0 unspecified atom stereocenters. The predicted octanol–water partition coefficient (Wildman–Crippen LogP) is 2.71. The lowest BCUT2D eigenvalue weighted by molar-refractivity contribution is -0.182. The molecule has 0 saturated carbocycles. The molecule has 102 valence electrons. The third-order valence-corrected chi connectivity index (χ3v) is 6.17. The van der Waals surface area contributed by atoms with Crippen molar-refractivity contribution in [3.05, 3.63) is 17.5 Å². The fourth-order valence-corrected chi connectivity index (χ4v) is 4.63. The average Bonchev–Trinajstić information content (AvgIpc) is 2.82. The summed E-state index contributed by atoms with van der Waals surface area (Å²) in [6.45, 7) is -0.309. The minimum atomic E-state index is -4.33. The number of halogens is 3. The molecule has 0 amide bonds. The Hall–Kier alpha value is -0.600. The molecule has 0 N–H and O–H groups in total. The van der Waals surface area contributed by atoms with Crippen LogP contribution in [0.25, 0.3) is 0 Å². The van der Waals surface area contributed by atoms with E-state index in [0.717, 1.165) is 15.6 Å². The third-order valence-electron chi connectivity index (χ3n) is 2.94. The van der Waals surface area contributed by atoms with E-state index in [4.69, 9.17) is 0 Å². The molecule has 0 aromatic carbocycles. The molecular formula is C10H12F3NO2S2. The first-order valence-corrected chi connectivity index (χ1v) is 7.74. The van der Waals surface area contributed by atoms with Crippen LogP contribution in [0.3, 0.4) is 0 Å². The predicted molar refractivity (Wildman–Crippen MR) is 61.9 cm³/mol. The lowest BCUT2D eigenvalue weighted by atomic mass is 9.99. The Morgan fingerprint density at radius 1 is 1.39 bits per heavy atom. The quantitative estimate of drug-likeness (QED) is 0.842. The van der Waals surface area contributed by atoms with Gasteiger partial charge in [-0.3, -0.25) is 0 Å². The van der Waals surface area contributed by atoms with Crippen LogP contribution >= 0.6 is 11.3 Å². The van der Waals surface area contributed by atoms with Crippen molar-refractivity contribution < 1.29 is 21.6 Å². The van der Waals surface area contributed by atoms with E-state index in [-0.39, 0.29) is 23.6 Å². The molecule has 1 aromatic rings. The van der Waals surface area contributed by atoms with Crippen molar-refractivity contribution in [3.8, 4) is 0 Å². The molecule has 0 spiro atoms. The summed E-state index contributed by atoms with van der Waals surface area (Å²) in [5.74, 6) is -1.55. The lowest BCUT2D eigenvalue weighted by Crippen LogP contribution is -2.44. The molecule has 18 heavy (non-hydrogen) atoms. The number of hydrogen-bond donors (Lipinski definition) is 0. The highest BCUT2D eigenvalue weighted by Crippen LogP contribution is 2.35. The van der Waals surface area contributed by atoms with Gasteiger partial charge in [0.05, 0.1) is 5.92 Å². The molecule has 1 aromatic heterocycles. The van der Waals surface area contributed by atoms with E-state index >= 15 is 0 Å². The number of piperidine rings is 1. The highest BCUT2D eigenvalue weighted by Gasteiger charge is 2.44. The zero-order valence-corrected chi connectivity index (χ0v) is 11.0. The number of hydrogen-bond acceptors (Lipinski definition) is 3. The molecule has 1 aliphatic rings. The summed E-state index contributed by atoms with van der Waals surface area (Å²) >= 11 is 1.02. The second-order valence-electron chi connectivity index (χ2n) is 4.18. The Morgan fingerprint density at radius 2 is 2.11 bits per heavy atom. The van der Waals surface area contributed by atoms with E-state index in [1.165, 1.54) is 6.07 Å². The van der Waals surface area contributed by atoms with Crippen LogP contribution in [0, 0.1) is 5.92 Å². The molecular weight excluding hydrogens is 287 g/mol. The van der Waals surface area contributed by atoms with Crippen LogP contribution in [0.15, 0.2) is 21.7 Å². The van der Waals surface area contributed by atoms with Crippen molar-refractivity contribution >= 4 is 21.4 Å². The van der Waals surface area contributed by atoms with E-state index in [9.17, 15) is 21.6 Å². The summed E-state index contributed by atoms with van der Waals surface area (Å²) in [6.07, 6.45) is -4.08. The molecule has 8 heteroatoms. The topological polar surface area (TPSA) is 37.4 Å². The van der Waals surface area contributed by atoms with Gasteiger partial charge in [-0.05, 0) is 24.3 Å². The zero-order chi connectivity index (χ0) is 13.4. The minimum absolute atomic E-state index is 0.0000392. The minimum Gasteiger partial charge on any atom is -0.206 e. The van der Waals surface area contributed by atoms with Crippen molar-refractivity contribution in [2.45, 2.75) is 23.2 Å². The Bertz CT molecular complexity index is 496. The van der Waals surface area contributed by atoms with Gasteiger partial charge in [-0.1, -0.05) is 6.07 Å². The number of nitrogens with zero attached hydrogens (tertiary/aromatic N) is 1. The smallest absolute Gasteiger partial charge is 0.206 e. The fourth-order valence-electron chi connectivity index (χ4n) is 1.97.